The van der Waals surface area contributed by atoms with Gasteiger partial charge in [0, 0.05) is 26.1 Å². The number of hydrogen-bond donors (Lipinski definition) is 2. The van der Waals surface area contributed by atoms with Crippen molar-refractivity contribution in [2.24, 2.45) is 5.92 Å². The van der Waals surface area contributed by atoms with E-state index in [0.29, 0.717) is 25.5 Å². The fourth-order valence-corrected chi connectivity index (χ4v) is 4.01. The van der Waals surface area contributed by atoms with E-state index in [1.165, 1.54) is 5.56 Å². The highest BCUT2D eigenvalue weighted by molar-refractivity contribution is 5.85. The fraction of sp³-hybridized carbons (Fsp3) is 0.636. The molecule has 2 N–H and O–H groups in total. The number of ether oxygens (including phenoxy) is 1. The first kappa shape index (κ1) is 23.5. The lowest BCUT2D eigenvalue weighted by molar-refractivity contribution is -0.133. The maximum atomic E-state index is 12.5. The minimum absolute atomic E-state index is 0. The summed E-state index contributed by atoms with van der Waals surface area (Å²) in [5.41, 5.74) is 1.17. The number of piperidine rings is 1. The van der Waals surface area contributed by atoms with Crippen LogP contribution in [-0.2, 0) is 9.59 Å². The molecule has 2 unspecified atom stereocenters. The van der Waals surface area contributed by atoms with Gasteiger partial charge in [0.25, 0.3) is 0 Å². The van der Waals surface area contributed by atoms with E-state index < -0.39 is 0 Å². The quantitative estimate of drug-likeness (QED) is 0.630. The van der Waals surface area contributed by atoms with E-state index in [9.17, 15) is 9.59 Å². The molecule has 2 saturated heterocycles. The fourth-order valence-electron chi connectivity index (χ4n) is 4.01. The molecule has 0 bridgehead atoms. The molecular weight excluding hydrogens is 390 g/mol. The second-order valence-corrected chi connectivity index (χ2v) is 8.01. The van der Waals surface area contributed by atoms with E-state index in [1.54, 1.807) is 0 Å². The molecule has 3 rings (SSSR count). The van der Waals surface area contributed by atoms with Gasteiger partial charge in [0.1, 0.15) is 5.75 Å². The van der Waals surface area contributed by atoms with Crippen LogP contribution in [0.25, 0.3) is 0 Å². The standard InChI is InChI=1S/C22H33N3O3.ClH/c1-17-6-2-8-19(14-17)28-13-5-10-21(26)25-12-4-7-18(16-25)15-24-22(27)20-9-3-11-23-20;/h2,6,8,14,18,20,23H,3-5,7,9-13,15-16H2,1H3,(H,24,27);1H. The van der Waals surface area contributed by atoms with Gasteiger partial charge in [-0.2, -0.15) is 0 Å². The molecule has 2 aliphatic rings. The predicted octanol–water partition coefficient (Wildman–Crippen LogP) is 2.68. The average molecular weight is 424 g/mol. The summed E-state index contributed by atoms with van der Waals surface area (Å²) in [6.45, 7) is 5.75. The third-order valence-electron chi connectivity index (χ3n) is 5.61. The van der Waals surface area contributed by atoms with E-state index >= 15 is 0 Å². The third-order valence-corrected chi connectivity index (χ3v) is 5.61. The summed E-state index contributed by atoms with van der Waals surface area (Å²) in [6.07, 6.45) is 5.30. The second kappa shape index (κ2) is 12.0. The number of likely N-dealkylation sites (tertiary alicyclic amines) is 1. The van der Waals surface area contributed by atoms with E-state index in [-0.39, 0.29) is 30.3 Å². The summed E-state index contributed by atoms with van der Waals surface area (Å²) in [7, 11) is 0. The molecular formula is C22H34ClN3O3. The van der Waals surface area contributed by atoms with Gasteiger partial charge in [0.2, 0.25) is 11.8 Å². The van der Waals surface area contributed by atoms with E-state index in [1.807, 2.05) is 36.1 Å². The summed E-state index contributed by atoms with van der Waals surface area (Å²) in [6, 6.07) is 7.93. The smallest absolute Gasteiger partial charge is 0.237 e. The highest BCUT2D eigenvalue weighted by Gasteiger charge is 2.26. The lowest BCUT2D eigenvalue weighted by atomic mass is 9.97. The molecule has 2 atom stereocenters. The molecule has 2 heterocycles. The van der Waals surface area contributed by atoms with Crippen molar-refractivity contribution in [1.29, 1.82) is 0 Å². The maximum Gasteiger partial charge on any atom is 0.237 e. The molecule has 2 amide bonds. The van der Waals surface area contributed by atoms with Gasteiger partial charge in [-0.15, -0.1) is 12.4 Å². The van der Waals surface area contributed by atoms with Crippen LogP contribution in [0.1, 0.15) is 44.1 Å². The van der Waals surface area contributed by atoms with Crippen molar-refractivity contribution in [1.82, 2.24) is 15.5 Å². The molecule has 0 radical (unpaired) electrons. The number of carbonyl (C=O) groups is 2. The number of hydrogen-bond acceptors (Lipinski definition) is 4. The van der Waals surface area contributed by atoms with Crippen LogP contribution in [0.5, 0.6) is 5.75 Å². The lowest BCUT2D eigenvalue weighted by Crippen LogP contribution is -2.46. The molecule has 2 fully saturated rings. The Bertz CT molecular complexity index is 664. The molecule has 2 aliphatic heterocycles. The Balaban J connectivity index is 0.00000300. The Morgan fingerprint density at radius 2 is 2.14 bits per heavy atom. The monoisotopic (exact) mass is 423 g/mol. The summed E-state index contributed by atoms with van der Waals surface area (Å²) in [4.78, 5) is 26.6. The van der Waals surface area contributed by atoms with Crippen molar-refractivity contribution in [2.75, 3.05) is 32.8 Å². The van der Waals surface area contributed by atoms with Gasteiger partial charge < -0.3 is 20.3 Å². The highest BCUT2D eigenvalue weighted by atomic mass is 35.5. The topological polar surface area (TPSA) is 70.7 Å². The van der Waals surface area contributed by atoms with Crippen LogP contribution in [0.4, 0.5) is 0 Å². The number of benzene rings is 1. The van der Waals surface area contributed by atoms with Gasteiger partial charge in [-0.3, -0.25) is 9.59 Å². The molecule has 1 aromatic carbocycles. The largest absolute Gasteiger partial charge is 0.494 e. The summed E-state index contributed by atoms with van der Waals surface area (Å²) in [5.74, 6) is 1.51. The highest BCUT2D eigenvalue weighted by Crippen LogP contribution is 2.18. The van der Waals surface area contributed by atoms with Crippen molar-refractivity contribution in [3.63, 3.8) is 0 Å². The minimum atomic E-state index is -0.0327. The number of nitrogens with one attached hydrogen (secondary N) is 2. The molecule has 0 saturated carbocycles. The van der Waals surface area contributed by atoms with Crippen molar-refractivity contribution in [2.45, 2.75) is 51.5 Å². The molecule has 162 valence electrons. The molecule has 0 aromatic heterocycles. The molecule has 6 nitrogen and oxygen atoms in total. The molecule has 0 spiro atoms. The van der Waals surface area contributed by atoms with Crippen LogP contribution >= 0.6 is 12.4 Å². The second-order valence-electron chi connectivity index (χ2n) is 8.01. The first-order valence-electron chi connectivity index (χ1n) is 10.6. The Hall–Kier alpha value is -1.79. The van der Waals surface area contributed by atoms with Gasteiger partial charge in [-0.1, -0.05) is 12.1 Å². The van der Waals surface area contributed by atoms with Crippen LogP contribution in [0.2, 0.25) is 0 Å². The Morgan fingerprint density at radius 1 is 1.28 bits per heavy atom. The van der Waals surface area contributed by atoms with Crippen molar-refractivity contribution in [3.05, 3.63) is 29.8 Å². The third kappa shape index (κ3) is 7.52. The predicted molar refractivity (Wildman–Crippen MR) is 116 cm³/mol. The Labute approximate surface area is 180 Å². The summed E-state index contributed by atoms with van der Waals surface area (Å²) < 4.78 is 5.74. The first-order chi connectivity index (χ1) is 13.6. The van der Waals surface area contributed by atoms with Gasteiger partial charge in [-0.05, 0) is 69.2 Å². The molecule has 7 heteroatoms. The number of rotatable bonds is 8. The van der Waals surface area contributed by atoms with Crippen molar-refractivity contribution >= 4 is 24.2 Å². The number of aryl methyl sites for hydroxylation is 1. The van der Waals surface area contributed by atoms with Crippen LogP contribution in [0, 0.1) is 12.8 Å². The van der Waals surface area contributed by atoms with E-state index in [4.69, 9.17) is 4.74 Å². The lowest BCUT2D eigenvalue weighted by Gasteiger charge is -2.33. The number of carbonyl (C=O) groups excluding carboxylic acids is 2. The SMILES string of the molecule is Cc1cccc(OCCCC(=O)N2CCCC(CNC(=O)C3CCCN3)C2)c1.Cl. The molecule has 1 aromatic rings. The average Bonchev–Trinajstić information content (AvgIpc) is 3.24. The van der Waals surface area contributed by atoms with Gasteiger partial charge in [-0.25, -0.2) is 0 Å². The zero-order valence-corrected chi connectivity index (χ0v) is 18.1. The van der Waals surface area contributed by atoms with Crippen LogP contribution in [0.3, 0.4) is 0 Å². The number of nitrogens with zero attached hydrogens (tertiary/aromatic N) is 1. The maximum absolute atomic E-state index is 12.5. The Kier molecular flexibility index (Phi) is 9.74. The zero-order chi connectivity index (χ0) is 19.8. The van der Waals surface area contributed by atoms with Crippen LogP contribution < -0.4 is 15.4 Å². The molecule has 0 aliphatic carbocycles. The van der Waals surface area contributed by atoms with Crippen molar-refractivity contribution < 1.29 is 14.3 Å². The van der Waals surface area contributed by atoms with Crippen molar-refractivity contribution in [3.8, 4) is 5.75 Å². The Morgan fingerprint density at radius 3 is 2.90 bits per heavy atom. The van der Waals surface area contributed by atoms with Gasteiger partial charge in [0.05, 0.1) is 12.6 Å². The minimum Gasteiger partial charge on any atom is -0.494 e. The molecule has 29 heavy (non-hydrogen) atoms. The van der Waals surface area contributed by atoms with E-state index in [0.717, 1.165) is 57.5 Å². The van der Waals surface area contributed by atoms with Crippen LogP contribution in [0.15, 0.2) is 24.3 Å². The zero-order valence-electron chi connectivity index (χ0n) is 17.3. The number of amides is 2. The normalized spacial score (nSPS) is 21.3. The van der Waals surface area contributed by atoms with Gasteiger partial charge in [0.15, 0.2) is 0 Å². The summed E-state index contributed by atoms with van der Waals surface area (Å²) in [5, 5.41) is 6.30. The first-order valence-corrected chi connectivity index (χ1v) is 10.6. The van der Waals surface area contributed by atoms with E-state index in [2.05, 4.69) is 10.6 Å². The van der Waals surface area contributed by atoms with Crippen LogP contribution in [-0.4, -0.2) is 55.5 Å². The summed E-state index contributed by atoms with van der Waals surface area (Å²) >= 11 is 0. The number of halogens is 1. The van der Waals surface area contributed by atoms with Gasteiger partial charge >= 0.3 is 0 Å².